The van der Waals surface area contributed by atoms with Gasteiger partial charge in [-0.1, -0.05) is 48.0 Å². The van der Waals surface area contributed by atoms with Gasteiger partial charge in [-0.2, -0.15) is 0 Å². The second-order valence-corrected chi connectivity index (χ2v) is 13.2. The number of esters is 1. The molecule has 7 N–H and O–H groups in total. The number of amides is 1. The maximum Gasteiger partial charge on any atom is 0.338 e. The second-order valence-electron chi connectivity index (χ2n) is 12.8. The molecule has 0 fully saturated rings. The first-order chi connectivity index (χ1) is 26.7. The van der Waals surface area contributed by atoms with Crippen molar-refractivity contribution in [2.75, 3.05) is 12.8 Å². The Morgan fingerprint density at radius 1 is 0.891 bits per heavy atom. The van der Waals surface area contributed by atoms with Gasteiger partial charge in [0.15, 0.2) is 5.36 Å². The topological polar surface area (TPSA) is 182 Å². The Balaban J connectivity index is 1.06. The highest BCUT2D eigenvalue weighted by Crippen LogP contribution is 2.42. The van der Waals surface area contributed by atoms with Crippen LogP contribution in [-0.2, 0) is 11.3 Å². The van der Waals surface area contributed by atoms with Gasteiger partial charge in [-0.15, -0.1) is 0 Å². The molecule has 1 amide bonds. The number of nitrogens with zero attached hydrogens (tertiary/aromatic N) is 2. The standard InChI is InChI=1S/C43H31ClN6O5/c1-54-43(53)33-18-27(6-10-30(33)38-31-11-8-28(45)20-36(31)55-37-21-29(46)9-12-32(37)38)42(52)48-22-23-2-4-25(5-3-23)41-49-39(24-14-16-47-17-15-24)40(50-41)26-7-13-34(44)35(51)19-26/h2-21,45,51H,22,46H2,1H3,(H,48,52)(H,49,50)/p+1. The molecule has 11 nitrogen and oxygen atoms in total. The number of aromatic amines is 1. The minimum atomic E-state index is -0.603. The molecule has 2 aromatic heterocycles. The number of fused-ring (bicyclic) bond motifs is 2. The average Bonchev–Trinajstić information content (AvgIpc) is 3.66. The minimum absolute atomic E-state index is 0.0417. The molecule has 0 saturated heterocycles. The predicted molar refractivity (Wildman–Crippen MR) is 210 cm³/mol. The molecule has 2 aliphatic rings. The molecular formula is C43H32ClN6O5+. The number of nitrogens with two attached hydrogens (primary N) is 2. The Kier molecular flexibility index (Phi) is 9.05. The Bertz CT molecular complexity index is 2800. The van der Waals surface area contributed by atoms with Crippen molar-refractivity contribution in [1.82, 2.24) is 20.3 Å². The van der Waals surface area contributed by atoms with Gasteiger partial charge in [0.1, 0.15) is 22.9 Å². The number of aromatic nitrogens is 3. The first-order valence-corrected chi connectivity index (χ1v) is 17.5. The summed E-state index contributed by atoms with van der Waals surface area (Å²) in [7, 11) is 1.30. The SMILES string of the molecule is COC(=O)c1cc(C(=O)NCc2ccc(-c3nc(-c4ccc(Cl)c(O)c4)c(-c4ccncc4)[nH]3)cc2)ccc1-c1c2ccc(=[NH2+])cc-2oc2cc(N)ccc12. The van der Waals surface area contributed by atoms with Crippen molar-refractivity contribution in [3.63, 3.8) is 0 Å². The summed E-state index contributed by atoms with van der Waals surface area (Å²) in [5.74, 6) is 0.111. The van der Waals surface area contributed by atoms with Crippen LogP contribution in [0.5, 0.6) is 5.75 Å². The van der Waals surface area contributed by atoms with Crippen LogP contribution in [0.1, 0.15) is 26.3 Å². The lowest BCUT2D eigenvalue weighted by atomic mass is 9.89. The molecular weight excluding hydrogens is 716 g/mol. The number of phenolic OH excluding ortho intramolecular Hbond substituents is 1. The molecule has 0 atom stereocenters. The quantitative estimate of drug-likeness (QED) is 0.0651. The number of anilines is 1. The number of methoxy groups -OCH3 is 1. The Morgan fingerprint density at radius 3 is 2.42 bits per heavy atom. The van der Waals surface area contributed by atoms with Crippen molar-refractivity contribution in [2.45, 2.75) is 6.54 Å². The van der Waals surface area contributed by atoms with E-state index in [-0.39, 0.29) is 34.4 Å². The number of imidazole rings is 1. The van der Waals surface area contributed by atoms with E-state index in [1.165, 1.54) is 13.2 Å². The number of H-pyrrole nitrogens is 1. The van der Waals surface area contributed by atoms with Crippen LogP contribution < -0.4 is 21.8 Å². The van der Waals surface area contributed by atoms with Crippen molar-refractivity contribution in [3.05, 3.63) is 149 Å². The second kappa shape index (κ2) is 14.3. The third kappa shape index (κ3) is 6.76. The molecule has 12 heteroatoms. The normalized spacial score (nSPS) is 11.2. The monoisotopic (exact) mass is 747 g/mol. The molecule has 0 spiro atoms. The lowest BCUT2D eigenvalue weighted by Crippen LogP contribution is -2.44. The van der Waals surface area contributed by atoms with Crippen LogP contribution in [0.15, 0.2) is 126 Å². The van der Waals surface area contributed by atoms with Gasteiger partial charge in [-0.25, -0.2) is 9.78 Å². The third-order valence-corrected chi connectivity index (χ3v) is 9.62. The molecule has 4 aromatic carbocycles. The molecule has 0 saturated carbocycles. The van der Waals surface area contributed by atoms with E-state index in [9.17, 15) is 14.7 Å². The van der Waals surface area contributed by atoms with Gasteiger partial charge in [-0.3, -0.25) is 15.2 Å². The highest BCUT2D eigenvalue weighted by atomic mass is 35.5. The van der Waals surface area contributed by atoms with E-state index in [1.807, 2.05) is 48.5 Å². The molecule has 1 aliphatic heterocycles. The van der Waals surface area contributed by atoms with E-state index >= 15 is 0 Å². The number of halogens is 1. The largest absolute Gasteiger partial charge is 0.506 e. The summed E-state index contributed by atoms with van der Waals surface area (Å²) in [6.45, 7) is 0.225. The number of rotatable bonds is 8. The van der Waals surface area contributed by atoms with Gasteiger partial charge in [0, 0.05) is 75.5 Å². The summed E-state index contributed by atoms with van der Waals surface area (Å²) in [5.41, 5.74) is 14.2. The van der Waals surface area contributed by atoms with E-state index in [1.54, 1.807) is 67.0 Å². The molecule has 1 aliphatic carbocycles. The average molecular weight is 748 g/mol. The number of nitrogens with one attached hydrogen (secondary N) is 2. The van der Waals surface area contributed by atoms with E-state index in [4.69, 9.17) is 36.9 Å². The number of carbonyl (C=O) groups is 2. The van der Waals surface area contributed by atoms with Crippen molar-refractivity contribution < 1.29 is 29.3 Å². The highest BCUT2D eigenvalue weighted by molar-refractivity contribution is 6.32. The fourth-order valence-corrected chi connectivity index (χ4v) is 6.68. The number of aromatic hydroxyl groups is 1. The van der Waals surface area contributed by atoms with Gasteiger partial charge in [-0.05, 0) is 65.7 Å². The van der Waals surface area contributed by atoms with E-state index < -0.39 is 5.97 Å². The molecule has 270 valence electrons. The first-order valence-electron chi connectivity index (χ1n) is 17.1. The predicted octanol–water partition coefficient (Wildman–Crippen LogP) is 6.64. The molecule has 0 radical (unpaired) electrons. The molecule has 6 aromatic rings. The fourth-order valence-electron chi connectivity index (χ4n) is 6.57. The lowest BCUT2D eigenvalue weighted by Gasteiger charge is -2.18. The summed E-state index contributed by atoms with van der Waals surface area (Å²) in [6.07, 6.45) is 3.40. The van der Waals surface area contributed by atoms with Gasteiger partial charge in [0.25, 0.3) is 5.91 Å². The molecule has 8 rings (SSSR count). The summed E-state index contributed by atoms with van der Waals surface area (Å²) >= 11 is 6.08. The Labute approximate surface area is 318 Å². The first kappa shape index (κ1) is 34.8. The van der Waals surface area contributed by atoms with Crippen LogP contribution in [0.3, 0.4) is 0 Å². The fraction of sp³-hybridized carbons (Fsp3) is 0.0465. The third-order valence-electron chi connectivity index (χ3n) is 9.30. The molecule has 0 bridgehead atoms. The number of carbonyl (C=O) groups excluding carboxylic acids is 2. The Morgan fingerprint density at radius 2 is 1.65 bits per heavy atom. The number of ether oxygens (including phenoxy) is 1. The summed E-state index contributed by atoms with van der Waals surface area (Å²) in [5, 5.41) is 20.8. The number of hydrogen-bond acceptors (Lipinski definition) is 8. The summed E-state index contributed by atoms with van der Waals surface area (Å²) < 4.78 is 11.3. The van der Waals surface area contributed by atoms with Crippen molar-refractivity contribution in [2.24, 2.45) is 0 Å². The van der Waals surface area contributed by atoms with Crippen LogP contribution in [0.2, 0.25) is 5.02 Å². The van der Waals surface area contributed by atoms with Crippen LogP contribution in [0.25, 0.3) is 67.3 Å². The van der Waals surface area contributed by atoms with Crippen LogP contribution in [0.4, 0.5) is 5.69 Å². The van der Waals surface area contributed by atoms with Crippen LogP contribution in [-0.4, -0.2) is 39.0 Å². The smallest absolute Gasteiger partial charge is 0.338 e. The lowest BCUT2D eigenvalue weighted by molar-refractivity contribution is -0.172. The zero-order valence-corrected chi connectivity index (χ0v) is 30.0. The van der Waals surface area contributed by atoms with Crippen molar-refractivity contribution >= 4 is 40.1 Å². The molecule has 3 heterocycles. The maximum absolute atomic E-state index is 13.5. The van der Waals surface area contributed by atoms with Gasteiger partial charge in [0.05, 0.1) is 35.2 Å². The molecule has 0 unspecified atom stereocenters. The number of nitrogen functional groups attached to an aromatic ring is 1. The molecule has 55 heavy (non-hydrogen) atoms. The van der Waals surface area contributed by atoms with E-state index in [0.717, 1.165) is 33.3 Å². The van der Waals surface area contributed by atoms with Gasteiger partial charge >= 0.3 is 5.97 Å². The van der Waals surface area contributed by atoms with E-state index in [0.29, 0.717) is 50.6 Å². The maximum atomic E-state index is 13.5. The van der Waals surface area contributed by atoms with Gasteiger partial charge < -0.3 is 30.3 Å². The minimum Gasteiger partial charge on any atom is -0.506 e. The van der Waals surface area contributed by atoms with Crippen molar-refractivity contribution in [1.29, 1.82) is 0 Å². The highest BCUT2D eigenvalue weighted by Gasteiger charge is 2.24. The number of hydrogen-bond donors (Lipinski definition) is 5. The zero-order chi connectivity index (χ0) is 38.2. The zero-order valence-electron chi connectivity index (χ0n) is 29.3. The van der Waals surface area contributed by atoms with Crippen LogP contribution in [0, 0.1) is 0 Å². The summed E-state index contributed by atoms with van der Waals surface area (Å²) in [6, 6.07) is 31.9. The Hall–Kier alpha value is -7.24. The summed E-state index contributed by atoms with van der Waals surface area (Å²) in [4.78, 5) is 39.2. The number of benzene rings is 5. The van der Waals surface area contributed by atoms with E-state index in [2.05, 4.69) is 15.3 Å². The van der Waals surface area contributed by atoms with Crippen LogP contribution >= 0.6 is 11.6 Å². The van der Waals surface area contributed by atoms with Crippen molar-refractivity contribution in [3.8, 4) is 62.1 Å². The number of phenols is 1. The van der Waals surface area contributed by atoms with Gasteiger partial charge in [0.2, 0.25) is 0 Å². The number of pyridine rings is 1.